The van der Waals surface area contributed by atoms with Gasteiger partial charge in [-0.2, -0.15) is 10.4 Å². The molecule has 0 saturated carbocycles. The second-order valence-corrected chi connectivity index (χ2v) is 7.69. The second kappa shape index (κ2) is 9.64. The molecule has 2 aromatic carbocycles. The van der Waals surface area contributed by atoms with E-state index in [1.54, 1.807) is 42.5 Å². The van der Waals surface area contributed by atoms with Crippen molar-refractivity contribution in [2.24, 2.45) is 0 Å². The van der Waals surface area contributed by atoms with Gasteiger partial charge in [0.25, 0.3) is 5.56 Å². The van der Waals surface area contributed by atoms with Gasteiger partial charge in [-0.15, -0.1) is 0 Å². The molecule has 3 aromatic rings. The first-order chi connectivity index (χ1) is 15.5. The summed E-state index contributed by atoms with van der Waals surface area (Å²) in [4.78, 5) is 27.0. The van der Waals surface area contributed by atoms with Crippen LogP contribution in [0.25, 0.3) is 11.3 Å². The predicted molar refractivity (Wildman–Crippen MR) is 122 cm³/mol. The lowest BCUT2D eigenvalue weighted by Gasteiger charge is -2.29. The smallest absolute Gasteiger partial charge is 0.267 e. The molecule has 1 amide bonds. The quantitative estimate of drug-likeness (QED) is 0.642. The Morgan fingerprint density at radius 1 is 1.12 bits per heavy atom. The summed E-state index contributed by atoms with van der Waals surface area (Å²) in [5.74, 6) is -0.420. The molecule has 8 nitrogen and oxygen atoms in total. The third-order valence-corrected chi connectivity index (χ3v) is 5.26. The first kappa shape index (κ1) is 21.6. The Morgan fingerprint density at radius 3 is 2.59 bits per heavy atom. The number of nitriles is 1. The van der Waals surface area contributed by atoms with Crippen LogP contribution in [-0.4, -0.2) is 42.0 Å². The summed E-state index contributed by atoms with van der Waals surface area (Å²) in [7, 11) is 0. The maximum absolute atomic E-state index is 12.7. The summed E-state index contributed by atoms with van der Waals surface area (Å²) < 4.78 is 6.48. The van der Waals surface area contributed by atoms with Crippen molar-refractivity contribution >= 4 is 28.9 Å². The van der Waals surface area contributed by atoms with Crippen LogP contribution >= 0.6 is 11.6 Å². The molecule has 0 atom stereocenters. The molecule has 0 spiro atoms. The van der Waals surface area contributed by atoms with Gasteiger partial charge in [0, 0.05) is 41.1 Å². The number of aromatic nitrogens is 2. The highest BCUT2D eigenvalue weighted by molar-refractivity contribution is 6.30. The van der Waals surface area contributed by atoms with E-state index in [1.807, 2.05) is 6.07 Å². The summed E-state index contributed by atoms with van der Waals surface area (Å²) in [5, 5.41) is 17.0. The molecule has 0 unspecified atom stereocenters. The fraction of sp³-hybridized carbons (Fsp3) is 0.217. The summed E-state index contributed by atoms with van der Waals surface area (Å²) in [6.07, 6.45) is 0. The Labute approximate surface area is 189 Å². The van der Waals surface area contributed by atoms with Crippen molar-refractivity contribution in [3.8, 4) is 17.3 Å². The fourth-order valence-corrected chi connectivity index (χ4v) is 3.55. The summed E-state index contributed by atoms with van der Waals surface area (Å²) in [6.45, 7) is 2.37. The van der Waals surface area contributed by atoms with Crippen LogP contribution in [0.1, 0.15) is 5.56 Å². The van der Waals surface area contributed by atoms with Crippen molar-refractivity contribution in [1.82, 2.24) is 9.78 Å². The lowest BCUT2D eigenvalue weighted by molar-refractivity contribution is -0.117. The van der Waals surface area contributed by atoms with Crippen LogP contribution in [0.2, 0.25) is 5.02 Å². The van der Waals surface area contributed by atoms with Crippen molar-refractivity contribution in [1.29, 1.82) is 5.26 Å². The first-order valence-electron chi connectivity index (χ1n) is 10.0. The number of halogens is 1. The maximum atomic E-state index is 12.7. The van der Waals surface area contributed by atoms with Crippen LogP contribution in [0.15, 0.2) is 59.4 Å². The van der Waals surface area contributed by atoms with Gasteiger partial charge in [-0.3, -0.25) is 9.59 Å². The molecule has 2 heterocycles. The van der Waals surface area contributed by atoms with Crippen molar-refractivity contribution in [2.45, 2.75) is 6.54 Å². The molecule has 4 rings (SSSR count). The lowest BCUT2D eigenvalue weighted by atomic mass is 10.1. The second-order valence-electron chi connectivity index (χ2n) is 7.25. The molecule has 1 aliphatic rings. The van der Waals surface area contributed by atoms with Gasteiger partial charge in [0.2, 0.25) is 5.91 Å². The first-order valence-corrected chi connectivity index (χ1v) is 10.4. The molecule has 1 saturated heterocycles. The zero-order valence-corrected chi connectivity index (χ0v) is 17.9. The number of benzene rings is 2. The van der Waals surface area contributed by atoms with Gasteiger partial charge < -0.3 is 15.0 Å². The molecular formula is C23H20ClN5O3. The Morgan fingerprint density at radius 2 is 1.88 bits per heavy atom. The minimum absolute atomic E-state index is 0.260. The van der Waals surface area contributed by atoms with Crippen molar-refractivity contribution in [2.75, 3.05) is 36.5 Å². The number of carbonyl (C=O) groups is 1. The standard InChI is InChI=1S/C23H20ClN5O3/c24-18-3-1-17(2-4-18)21-5-6-23(31)29(27-21)15-22(30)26-19-11-16(14-25)12-20(13-19)28-7-9-32-10-8-28/h1-6,11-13H,7-10,15H2,(H,26,30). The molecule has 0 aliphatic carbocycles. The fourth-order valence-electron chi connectivity index (χ4n) is 3.43. The molecular weight excluding hydrogens is 430 g/mol. The number of nitrogens with zero attached hydrogens (tertiary/aromatic N) is 4. The number of hydrogen-bond donors (Lipinski definition) is 1. The maximum Gasteiger partial charge on any atom is 0.267 e. The molecule has 1 aromatic heterocycles. The molecule has 1 N–H and O–H groups in total. The van der Waals surface area contributed by atoms with Crippen LogP contribution < -0.4 is 15.8 Å². The molecule has 9 heteroatoms. The molecule has 1 aliphatic heterocycles. The number of amides is 1. The van der Waals surface area contributed by atoms with E-state index in [4.69, 9.17) is 16.3 Å². The van der Waals surface area contributed by atoms with Crippen LogP contribution in [0.3, 0.4) is 0 Å². The minimum Gasteiger partial charge on any atom is -0.378 e. The minimum atomic E-state index is -0.420. The average Bonchev–Trinajstić information content (AvgIpc) is 2.81. The zero-order chi connectivity index (χ0) is 22.5. The number of carbonyl (C=O) groups excluding carboxylic acids is 1. The number of hydrogen-bond acceptors (Lipinski definition) is 6. The van der Waals surface area contributed by atoms with E-state index in [0.717, 1.165) is 15.9 Å². The third kappa shape index (κ3) is 5.14. The number of nitrogens with one attached hydrogen (secondary N) is 1. The van der Waals surface area contributed by atoms with Gasteiger partial charge in [0.15, 0.2) is 0 Å². The number of rotatable bonds is 5. The van der Waals surface area contributed by atoms with E-state index in [1.165, 1.54) is 6.07 Å². The van der Waals surface area contributed by atoms with E-state index in [2.05, 4.69) is 21.4 Å². The van der Waals surface area contributed by atoms with Crippen LogP contribution in [0.5, 0.6) is 0 Å². The number of anilines is 2. The van der Waals surface area contributed by atoms with E-state index in [0.29, 0.717) is 48.3 Å². The molecule has 0 bridgehead atoms. The van der Waals surface area contributed by atoms with Gasteiger partial charge in [0.1, 0.15) is 6.54 Å². The van der Waals surface area contributed by atoms with Crippen molar-refractivity contribution in [3.63, 3.8) is 0 Å². The van der Waals surface area contributed by atoms with Gasteiger partial charge >= 0.3 is 0 Å². The van der Waals surface area contributed by atoms with Gasteiger partial charge in [-0.1, -0.05) is 23.7 Å². The van der Waals surface area contributed by atoms with Crippen LogP contribution in [-0.2, 0) is 16.1 Å². The Hall–Kier alpha value is -3.67. The summed E-state index contributed by atoms with van der Waals surface area (Å²) in [5.41, 5.74) is 2.69. The zero-order valence-electron chi connectivity index (χ0n) is 17.1. The Balaban J connectivity index is 1.52. The van der Waals surface area contributed by atoms with Crippen molar-refractivity contribution < 1.29 is 9.53 Å². The normalized spacial score (nSPS) is 13.4. The Kier molecular flexibility index (Phi) is 6.50. The summed E-state index contributed by atoms with van der Waals surface area (Å²) >= 11 is 5.93. The van der Waals surface area contributed by atoms with E-state index in [9.17, 15) is 14.9 Å². The number of ether oxygens (including phenoxy) is 1. The highest BCUT2D eigenvalue weighted by Crippen LogP contribution is 2.23. The van der Waals surface area contributed by atoms with E-state index in [-0.39, 0.29) is 6.54 Å². The third-order valence-electron chi connectivity index (χ3n) is 5.01. The van der Waals surface area contributed by atoms with E-state index >= 15 is 0 Å². The largest absolute Gasteiger partial charge is 0.378 e. The Bertz CT molecular complexity index is 1230. The average molecular weight is 450 g/mol. The highest BCUT2D eigenvalue weighted by Gasteiger charge is 2.14. The molecule has 162 valence electrons. The van der Waals surface area contributed by atoms with Crippen LogP contribution in [0.4, 0.5) is 11.4 Å². The predicted octanol–water partition coefficient (Wildman–Crippen LogP) is 2.91. The van der Waals surface area contributed by atoms with Gasteiger partial charge in [0.05, 0.1) is 30.5 Å². The molecule has 0 radical (unpaired) electrons. The monoisotopic (exact) mass is 449 g/mol. The highest BCUT2D eigenvalue weighted by atomic mass is 35.5. The molecule has 1 fully saturated rings. The van der Waals surface area contributed by atoms with Crippen LogP contribution in [0, 0.1) is 11.3 Å². The van der Waals surface area contributed by atoms with Crippen molar-refractivity contribution in [3.05, 3.63) is 75.5 Å². The van der Waals surface area contributed by atoms with Gasteiger partial charge in [-0.05, 0) is 36.4 Å². The number of morpholine rings is 1. The van der Waals surface area contributed by atoms with Gasteiger partial charge in [-0.25, -0.2) is 4.68 Å². The molecule has 32 heavy (non-hydrogen) atoms. The van der Waals surface area contributed by atoms with E-state index < -0.39 is 11.5 Å². The topological polar surface area (TPSA) is 100 Å². The SMILES string of the molecule is N#Cc1cc(NC(=O)Cn2nc(-c3ccc(Cl)cc3)ccc2=O)cc(N2CCOCC2)c1. The lowest BCUT2D eigenvalue weighted by Crippen LogP contribution is -2.36. The summed E-state index contributed by atoms with van der Waals surface area (Å²) in [6, 6.07) is 17.3.